The van der Waals surface area contributed by atoms with Crippen LogP contribution in [0.2, 0.25) is 0 Å². The number of benzene rings is 5. The van der Waals surface area contributed by atoms with Crippen molar-refractivity contribution in [3.8, 4) is 0 Å². The van der Waals surface area contributed by atoms with Gasteiger partial charge < -0.3 is 5.32 Å². The van der Waals surface area contributed by atoms with E-state index in [9.17, 15) is 25.9 Å². The van der Waals surface area contributed by atoms with E-state index in [1.54, 1.807) is 31.3 Å². The van der Waals surface area contributed by atoms with E-state index in [-0.39, 0.29) is 22.4 Å². The molecular weight excluding hydrogens is 647 g/mol. The molecule has 0 heterocycles. The molecule has 0 aromatic heterocycles. The number of azo groups is 2. The van der Waals surface area contributed by atoms with Gasteiger partial charge >= 0.3 is 0 Å². The summed E-state index contributed by atoms with van der Waals surface area (Å²) in [5, 5.41) is 33.7. The van der Waals surface area contributed by atoms with Gasteiger partial charge in [0.1, 0.15) is 10.6 Å². The number of hydrogen-bond donors (Lipinski definition) is 4. The molecule has 45 heavy (non-hydrogen) atoms. The maximum absolute atomic E-state index is 12.3. The fourth-order valence-corrected chi connectivity index (χ4v) is 6.09. The summed E-state index contributed by atoms with van der Waals surface area (Å²) in [5.41, 5.74) is 2.50. The first-order valence-corrected chi connectivity index (χ1v) is 16.4. The van der Waals surface area contributed by atoms with Crippen LogP contribution < -0.4 is 5.32 Å². The minimum Gasteiger partial charge on any atom is -0.388 e. The minimum atomic E-state index is -4.75. The third kappa shape index (κ3) is 7.16. The molecule has 0 spiro atoms. The fourth-order valence-electron chi connectivity index (χ4n) is 4.44. The predicted molar refractivity (Wildman–Crippen MR) is 167 cm³/mol. The molecule has 0 bridgehead atoms. The van der Waals surface area contributed by atoms with Crippen molar-refractivity contribution in [3.63, 3.8) is 0 Å². The molecule has 0 aliphatic heterocycles. The Labute approximate surface area is 261 Å². The molecule has 4 N–H and O–H groups in total. The van der Waals surface area contributed by atoms with Crippen LogP contribution in [0.3, 0.4) is 0 Å². The second-order valence-corrected chi connectivity index (χ2v) is 13.0. The van der Waals surface area contributed by atoms with Crippen LogP contribution in [0.25, 0.3) is 21.5 Å². The lowest BCUT2D eigenvalue weighted by Crippen LogP contribution is -1.99. The van der Waals surface area contributed by atoms with E-state index in [1.807, 2.05) is 19.1 Å². The zero-order valence-corrected chi connectivity index (χ0v) is 25.8. The Bertz CT molecular complexity index is 2230. The molecule has 0 unspecified atom stereocenters. The second-order valence-electron chi connectivity index (χ2n) is 9.44. The van der Waals surface area contributed by atoms with Crippen molar-refractivity contribution in [2.45, 2.75) is 21.6 Å². The maximum atomic E-state index is 12.3. The van der Waals surface area contributed by atoms with E-state index in [0.29, 0.717) is 38.8 Å². The Morgan fingerprint density at radius 2 is 1.38 bits per heavy atom. The lowest BCUT2D eigenvalue weighted by molar-refractivity contribution is -0.432. The van der Waals surface area contributed by atoms with Gasteiger partial charge in [0, 0.05) is 28.4 Å². The topological polar surface area (TPSA) is 209 Å². The van der Waals surface area contributed by atoms with Crippen molar-refractivity contribution in [2.24, 2.45) is 20.5 Å². The number of nitrogens with one attached hydrogen (secondary N) is 1. The lowest BCUT2D eigenvalue weighted by Gasteiger charge is -2.09. The number of rotatable bonds is 10. The Balaban J connectivity index is 1.65. The molecule has 5 rings (SSSR count). The molecule has 14 nitrogen and oxygen atoms in total. The molecule has 0 aliphatic rings. The van der Waals surface area contributed by atoms with Gasteiger partial charge in [-0.1, -0.05) is 23.2 Å². The van der Waals surface area contributed by atoms with E-state index >= 15 is 0 Å². The number of aryl methyl sites for hydroxylation is 1. The van der Waals surface area contributed by atoms with Gasteiger partial charge in [0.2, 0.25) is 0 Å². The molecule has 0 aliphatic carbocycles. The summed E-state index contributed by atoms with van der Waals surface area (Å²) in [6.45, 7) is 1.86. The Morgan fingerprint density at radius 1 is 0.711 bits per heavy atom. The largest absolute Gasteiger partial charge is 0.388 e. The van der Waals surface area contributed by atoms with Crippen LogP contribution in [0.1, 0.15) is 5.56 Å². The zero-order chi connectivity index (χ0) is 32.4. The molecule has 0 saturated heterocycles. The van der Waals surface area contributed by atoms with Crippen molar-refractivity contribution in [2.75, 3.05) is 12.4 Å². The van der Waals surface area contributed by atoms with Crippen LogP contribution >= 0.6 is 12.0 Å². The van der Waals surface area contributed by atoms with Gasteiger partial charge in [0.05, 0.1) is 34.0 Å². The molecule has 0 radical (unpaired) electrons. The highest BCUT2D eigenvalue weighted by molar-refractivity contribution is 7.94. The highest BCUT2D eigenvalue weighted by Crippen LogP contribution is 2.39. The normalized spacial score (nSPS) is 12.6. The van der Waals surface area contributed by atoms with Crippen LogP contribution in [-0.4, -0.2) is 38.2 Å². The molecule has 0 amide bonds. The van der Waals surface area contributed by atoms with E-state index in [4.69, 9.17) is 5.26 Å². The summed E-state index contributed by atoms with van der Waals surface area (Å²) in [7, 11) is -7.54. The van der Waals surface area contributed by atoms with Gasteiger partial charge in [-0.2, -0.15) is 21.9 Å². The number of anilines is 1. The third-order valence-electron chi connectivity index (χ3n) is 6.61. The summed E-state index contributed by atoms with van der Waals surface area (Å²) in [4.78, 5) is -0.491. The predicted octanol–water partition coefficient (Wildman–Crippen LogP) is 8.10. The highest BCUT2D eigenvalue weighted by atomic mass is 32.2. The summed E-state index contributed by atoms with van der Waals surface area (Å²) < 4.78 is 72.6. The fraction of sp³-hybridized carbons (Fsp3) is 0.0714. The lowest BCUT2D eigenvalue weighted by atomic mass is 10.1. The average Bonchev–Trinajstić information content (AvgIpc) is 3.00. The first-order chi connectivity index (χ1) is 21.4. The number of hydrogen-bond acceptors (Lipinski definition) is 13. The molecule has 0 saturated carbocycles. The average molecular weight is 670 g/mol. The molecule has 0 fully saturated rings. The molecule has 17 heteroatoms. The van der Waals surface area contributed by atoms with Crippen LogP contribution in [0.5, 0.6) is 0 Å². The van der Waals surface area contributed by atoms with Gasteiger partial charge in [-0.05, 0) is 83.9 Å². The van der Waals surface area contributed by atoms with Crippen LogP contribution in [0.4, 0.5) is 28.4 Å². The standard InChI is InChI=1S/C28H23N5O9S3/c1-16-12-18(29-2)6-9-23(16)30-32-25-11-10-24(20-8-7-19(14-22(20)25)44(35,36)37)31-33-26-15-21-17(13-28(26)45(38,39)40)4-3-5-27(21)43-42-41-34/h3-15,29,34H,1-2H3,(H,35,36,37)(H,38,39,40). The second kappa shape index (κ2) is 13.0. The van der Waals surface area contributed by atoms with Crippen molar-refractivity contribution < 1.29 is 40.6 Å². The first kappa shape index (κ1) is 32.1. The van der Waals surface area contributed by atoms with Gasteiger partial charge in [-0.3, -0.25) is 9.11 Å². The highest BCUT2D eigenvalue weighted by Gasteiger charge is 2.19. The van der Waals surface area contributed by atoms with Crippen LogP contribution in [0.15, 0.2) is 114 Å². The van der Waals surface area contributed by atoms with E-state index in [1.165, 1.54) is 42.5 Å². The van der Waals surface area contributed by atoms with Crippen molar-refractivity contribution >= 4 is 82.3 Å². The van der Waals surface area contributed by atoms with Crippen molar-refractivity contribution in [1.29, 1.82) is 0 Å². The minimum absolute atomic E-state index is 0.182. The summed E-state index contributed by atoms with van der Waals surface area (Å²) in [6.07, 6.45) is 0. The van der Waals surface area contributed by atoms with Gasteiger partial charge in [-0.15, -0.1) is 19.7 Å². The SMILES string of the molecule is CNc1ccc(N=Nc2ccc(N=Nc3cc4c(SOOO)cccc4cc3S(=O)(=O)O)c3ccc(S(=O)(=O)O)cc23)c(C)c1. The summed E-state index contributed by atoms with van der Waals surface area (Å²) >= 11 is 0.650. The quantitative estimate of drug-likeness (QED) is 0.0367. The molecular formula is C28H23N5O9S3. The summed E-state index contributed by atoms with van der Waals surface area (Å²) in [5.74, 6) is 0. The summed E-state index contributed by atoms with van der Waals surface area (Å²) in [6, 6.07) is 19.6. The number of fused-ring (bicyclic) bond motifs is 2. The van der Waals surface area contributed by atoms with Crippen molar-refractivity contribution in [1.82, 2.24) is 0 Å². The Kier molecular flexibility index (Phi) is 9.23. The van der Waals surface area contributed by atoms with Crippen LogP contribution in [-0.2, 0) is 29.6 Å². The van der Waals surface area contributed by atoms with Gasteiger partial charge in [0.15, 0.2) is 0 Å². The van der Waals surface area contributed by atoms with E-state index in [2.05, 4.69) is 35.1 Å². The Morgan fingerprint density at radius 3 is 2.02 bits per heavy atom. The monoisotopic (exact) mass is 669 g/mol. The molecule has 232 valence electrons. The molecule has 5 aromatic carbocycles. The first-order valence-electron chi connectivity index (χ1n) is 12.7. The maximum Gasteiger partial charge on any atom is 0.296 e. The van der Waals surface area contributed by atoms with Crippen LogP contribution in [0, 0.1) is 6.92 Å². The van der Waals surface area contributed by atoms with E-state index in [0.717, 1.165) is 11.3 Å². The molecule has 0 atom stereocenters. The van der Waals surface area contributed by atoms with Gasteiger partial charge in [-0.25, -0.2) is 5.26 Å². The van der Waals surface area contributed by atoms with Gasteiger partial charge in [0.25, 0.3) is 20.2 Å². The third-order valence-corrected chi connectivity index (χ3v) is 9.01. The zero-order valence-electron chi connectivity index (χ0n) is 23.3. The smallest absolute Gasteiger partial charge is 0.296 e. The molecule has 5 aromatic rings. The Hall–Kier alpha value is -4.33. The van der Waals surface area contributed by atoms with E-state index < -0.39 is 30.0 Å². The number of nitrogens with zero attached hydrogens (tertiary/aromatic N) is 4. The van der Waals surface area contributed by atoms with Crippen molar-refractivity contribution in [3.05, 3.63) is 84.4 Å².